The maximum atomic E-state index is 15.4. The Bertz CT molecular complexity index is 1400. The van der Waals surface area contributed by atoms with Gasteiger partial charge < -0.3 is 19.9 Å². The number of methoxy groups -OCH3 is 1. The zero-order valence-electron chi connectivity index (χ0n) is 21.3. The van der Waals surface area contributed by atoms with Crippen LogP contribution in [0.15, 0.2) is 29.2 Å². The monoisotopic (exact) mass is 568 g/mol. The highest BCUT2D eigenvalue weighted by molar-refractivity contribution is 6.01. The van der Waals surface area contributed by atoms with Gasteiger partial charge in [0.15, 0.2) is 5.69 Å². The van der Waals surface area contributed by atoms with Gasteiger partial charge in [0, 0.05) is 5.56 Å². The minimum Gasteiger partial charge on any atom is -0.481 e. The first-order valence-corrected chi connectivity index (χ1v) is 12.5. The summed E-state index contributed by atoms with van der Waals surface area (Å²) in [5.41, 5.74) is -2.50. The Morgan fingerprint density at radius 3 is 2.42 bits per heavy atom. The fourth-order valence-electron chi connectivity index (χ4n) is 5.00. The van der Waals surface area contributed by atoms with Crippen molar-refractivity contribution < 1.29 is 40.8 Å². The van der Waals surface area contributed by atoms with Crippen LogP contribution in [0.5, 0.6) is 5.88 Å². The standard InChI is InChI=1S/C25H25F5N6O4/c1-11(15-7-14(26)8-31-24(15)39-2)36-21(27)17(9-32-36)33-23(38)19(18(12-3-4-12)13-5-6-13)34-22(37)16-10-40-35-20(16)25(28,29)30/h7-13,18-19H,3-6H2,1-2H3,(H,33,38)(H,34,37)/t11-,19-/m0/s1. The number of anilines is 1. The van der Waals surface area contributed by atoms with Gasteiger partial charge in [-0.05, 0) is 56.4 Å². The molecule has 2 aliphatic carbocycles. The van der Waals surface area contributed by atoms with Gasteiger partial charge in [0.1, 0.15) is 29.4 Å². The lowest BCUT2D eigenvalue weighted by Gasteiger charge is -2.27. The lowest BCUT2D eigenvalue weighted by molar-refractivity contribution is -0.143. The molecule has 2 amide bonds. The average Bonchev–Trinajstić information content (AvgIpc) is 3.84. The summed E-state index contributed by atoms with van der Waals surface area (Å²) in [7, 11) is 1.32. The SMILES string of the molecule is COc1ncc(F)cc1[C@H](C)n1ncc(NC(=O)[C@@H](NC(=O)c2conc2C(F)(F)F)C(C2CC2)C2CC2)c1F. The predicted octanol–water partition coefficient (Wildman–Crippen LogP) is 4.35. The van der Waals surface area contributed by atoms with E-state index in [1.165, 1.54) is 14.0 Å². The van der Waals surface area contributed by atoms with E-state index in [0.29, 0.717) is 6.26 Å². The first-order chi connectivity index (χ1) is 19.0. The Balaban J connectivity index is 1.40. The normalized spacial score (nSPS) is 17.0. The topological polar surface area (TPSA) is 124 Å². The number of halogens is 5. The smallest absolute Gasteiger partial charge is 0.437 e. The highest BCUT2D eigenvalue weighted by Crippen LogP contribution is 2.51. The number of ether oxygens (including phenoxy) is 1. The van der Waals surface area contributed by atoms with Crippen LogP contribution in [0.1, 0.15) is 60.3 Å². The van der Waals surface area contributed by atoms with Crippen molar-refractivity contribution in [3.63, 3.8) is 0 Å². The van der Waals surface area contributed by atoms with Crippen LogP contribution in [0.25, 0.3) is 0 Å². The van der Waals surface area contributed by atoms with Gasteiger partial charge in [-0.15, -0.1) is 0 Å². The van der Waals surface area contributed by atoms with E-state index in [2.05, 4.69) is 30.4 Å². The van der Waals surface area contributed by atoms with E-state index >= 15 is 4.39 Å². The summed E-state index contributed by atoms with van der Waals surface area (Å²) in [6.07, 6.45) is 0.818. The number of amides is 2. The second kappa shape index (κ2) is 10.5. The van der Waals surface area contributed by atoms with Crippen LogP contribution in [0, 0.1) is 29.5 Å². The third-order valence-corrected chi connectivity index (χ3v) is 7.22. The molecule has 2 aliphatic rings. The van der Waals surface area contributed by atoms with Gasteiger partial charge in [-0.25, -0.2) is 14.1 Å². The first kappa shape index (κ1) is 27.5. The van der Waals surface area contributed by atoms with Crippen LogP contribution in [0.4, 0.5) is 27.6 Å². The number of carbonyl (C=O) groups excluding carboxylic acids is 2. The van der Waals surface area contributed by atoms with E-state index in [0.717, 1.165) is 48.8 Å². The molecule has 15 heteroatoms. The van der Waals surface area contributed by atoms with Crippen molar-refractivity contribution >= 4 is 17.5 Å². The maximum Gasteiger partial charge on any atom is 0.437 e. The fraction of sp³-hybridized carbons (Fsp3) is 0.480. The molecular formula is C25H25F5N6O4. The predicted molar refractivity (Wildman–Crippen MR) is 127 cm³/mol. The van der Waals surface area contributed by atoms with Crippen LogP contribution in [-0.2, 0) is 11.0 Å². The molecule has 2 fully saturated rings. The minimum atomic E-state index is -4.95. The van der Waals surface area contributed by atoms with Crippen LogP contribution in [-0.4, -0.2) is 44.9 Å². The highest BCUT2D eigenvalue weighted by atomic mass is 19.4. The molecule has 3 heterocycles. The number of alkyl halides is 3. The van der Waals surface area contributed by atoms with E-state index in [-0.39, 0.29) is 34.9 Å². The third kappa shape index (κ3) is 5.49. The van der Waals surface area contributed by atoms with Gasteiger partial charge in [-0.2, -0.15) is 22.7 Å². The number of rotatable bonds is 10. The molecule has 2 N–H and O–H groups in total. The molecule has 0 radical (unpaired) electrons. The molecule has 0 spiro atoms. The Morgan fingerprint density at radius 1 is 1.15 bits per heavy atom. The molecule has 40 heavy (non-hydrogen) atoms. The largest absolute Gasteiger partial charge is 0.481 e. The van der Waals surface area contributed by atoms with E-state index in [1.54, 1.807) is 0 Å². The number of pyridine rings is 1. The number of hydrogen-bond acceptors (Lipinski definition) is 7. The Morgan fingerprint density at radius 2 is 1.82 bits per heavy atom. The van der Waals surface area contributed by atoms with Crippen LogP contribution in [0.3, 0.4) is 0 Å². The first-order valence-electron chi connectivity index (χ1n) is 12.5. The van der Waals surface area contributed by atoms with Gasteiger partial charge >= 0.3 is 6.18 Å². The lowest BCUT2D eigenvalue weighted by Crippen LogP contribution is -2.50. The Hall–Kier alpha value is -4.04. The molecule has 5 rings (SSSR count). The number of nitrogens with zero attached hydrogens (tertiary/aromatic N) is 4. The summed E-state index contributed by atoms with van der Waals surface area (Å²) >= 11 is 0. The Kier molecular flexibility index (Phi) is 7.23. The average molecular weight is 569 g/mol. The summed E-state index contributed by atoms with van der Waals surface area (Å²) in [5.74, 6) is -3.74. The number of nitrogens with one attached hydrogen (secondary N) is 2. The van der Waals surface area contributed by atoms with Crippen molar-refractivity contribution in [2.75, 3.05) is 12.4 Å². The minimum absolute atomic E-state index is 0.0563. The van der Waals surface area contributed by atoms with Gasteiger partial charge in [0.05, 0.1) is 25.5 Å². The van der Waals surface area contributed by atoms with Crippen LogP contribution < -0.4 is 15.4 Å². The van der Waals surface area contributed by atoms with Gasteiger partial charge in [-0.1, -0.05) is 5.16 Å². The van der Waals surface area contributed by atoms with Gasteiger partial charge in [0.25, 0.3) is 5.91 Å². The molecule has 0 aromatic carbocycles. The third-order valence-electron chi connectivity index (χ3n) is 7.22. The molecule has 0 aliphatic heterocycles. The van der Waals surface area contributed by atoms with Crippen molar-refractivity contribution in [1.82, 2.24) is 25.2 Å². The van der Waals surface area contributed by atoms with Crippen molar-refractivity contribution in [1.29, 1.82) is 0 Å². The molecule has 2 saturated carbocycles. The molecule has 0 saturated heterocycles. The molecule has 10 nitrogen and oxygen atoms in total. The van der Waals surface area contributed by atoms with Crippen molar-refractivity contribution in [3.05, 3.63) is 53.3 Å². The van der Waals surface area contributed by atoms with Crippen molar-refractivity contribution in [2.45, 2.75) is 50.9 Å². The zero-order valence-corrected chi connectivity index (χ0v) is 21.3. The second-order valence-corrected chi connectivity index (χ2v) is 9.99. The van der Waals surface area contributed by atoms with E-state index in [4.69, 9.17) is 4.74 Å². The second-order valence-electron chi connectivity index (χ2n) is 9.99. The number of aromatic nitrogens is 4. The quantitative estimate of drug-likeness (QED) is 0.349. The summed E-state index contributed by atoms with van der Waals surface area (Å²) in [6, 6.07) is -1.02. The lowest BCUT2D eigenvalue weighted by atomic mass is 9.88. The number of carbonyl (C=O) groups is 2. The summed E-state index contributed by atoms with van der Waals surface area (Å²) in [4.78, 5) is 30.2. The molecule has 214 valence electrons. The maximum absolute atomic E-state index is 15.4. The van der Waals surface area contributed by atoms with Gasteiger partial charge in [-0.3, -0.25) is 9.59 Å². The van der Waals surface area contributed by atoms with Crippen molar-refractivity contribution in [2.24, 2.45) is 17.8 Å². The highest BCUT2D eigenvalue weighted by Gasteiger charge is 2.49. The fourth-order valence-corrected chi connectivity index (χ4v) is 5.00. The van der Waals surface area contributed by atoms with Crippen LogP contribution >= 0.6 is 0 Å². The molecular weight excluding hydrogens is 543 g/mol. The molecule has 0 unspecified atom stereocenters. The zero-order chi connectivity index (χ0) is 28.8. The van der Waals surface area contributed by atoms with Gasteiger partial charge in [0.2, 0.25) is 17.7 Å². The van der Waals surface area contributed by atoms with Crippen molar-refractivity contribution in [3.8, 4) is 5.88 Å². The molecule has 3 aromatic heterocycles. The molecule has 2 atom stereocenters. The van der Waals surface area contributed by atoms with E-state index in [1.807, 2.05) is 0 Å². The Labute approximate surface area is 224 Å². The van der Waals surface area contributed by atoms with E-state index < -0.39 is 53.1 Å². The summed E-state index contributed by atoms with van der Waals surface area (Å²) in [6.45, 7) is 1.52. The summed E-state index contributed by atoms with van der Waals surface area (Å²) in [5, 5.41) is 11.7. The number of hydrogen-bond donors (Lipinski definition) is 2. The van der Waals surface area contributed by atoms with E-state index in [9.17, 15) is 27.2 Å². The molecule has 3 aromatic rings. The van der Waals surface area contributed by atoms with Crippen LogP contribution in [0.2, 0.25) is 0 Å². The molecule has 0 bridgehead atoms. The summed E-state index contributed by atoms with van der Waals surface area (Å²) < 4.78 is 79.6.